The van der Waals surface area contributed by atoms with Gasteiger partial charge in [0.25, 0.3) is 0 Å². The normalized spacial score (nSPS) is 16.1. The monoisotopic (exact) mass is 291 g/mol. The largest absolute Gasteiger partial charge is 0.378 e. The van der Waals surface area contributed by atoms with E-state index in [1.807, 2.05) is 18.2 Å². The highest BCUT2D eigenvalue weighted by Gasteiger charge is 2.32. The van der Waals surface area contributed by atoms with Crippen LogP contribution in [0.15, 0.2) is 48.5 Å². The smallest absolute Gasteiger partial charge is 0.0542 e. The van der Waals surface area contributed by atoms with Crippen molar-refractivity contribution in [3.05, 3.63) is 64.1 Å². The van der Waals surface area contributed by atoms with Crippen molar-refractivity contribution in [1.82, 2.24) is 0 Å². The molecule has 0 bridgehead atoms. The van der Waals surface area contributed by atoms with E-state index in [0.717, 1.165) is 5.69 Å². The Balaban J connectivity index is 1.86. The number of hydrogen-bond acceptors (Lipinski definition) is 1. The van der Waals surface area contributed by atoms with Crippen molar-refractivity contribution in [2.45, 2.75) is 18.9 Å². The molecule has 0 saturated heterocycles. The Kier molecular flexibility index (Phi) is 3.67. The Morgan fingerprint density at radius 1 is 0.947 bits per heavy atom. The third-order valence-corrected chi connectivity index (χ3v) is 3.87. The zero-order valence-corrected chi connectivity index (χ0v) is 12.0. The molecule has 1 aliphatic carbocycles. The van der Waals surface area contributed by atoms with Gasteiger partial charge in [0, 0.05) is 15.7 Å². The summed E-state index contributed by atoms with van der Waals surface area (Å²) in [5.74, 6) is 0.708. The fourth-order valence-electron chi connectivity index (χ4n) is 2.38. The summed E-state index contributed by atoms with van der Waals surface area (Å²) in [6.07, 6.45) is 2.56. The molecule has 0 amide bonds. The molecule has 0 spiro atoms. The Morgan fingerprint density at radius 2 is 1.58 bits per heavy atom. The fraction of sp³-hybridized carbons (Fsp3) is 0.250. The van der Waals surface area contributed by atoms with Crippen LogP contribution in [0.5, 0.6) is 0 Å². The predicted octanol–water partition coefficient (Wildman–Crippen LogP) is 5.56. The van der Waals surface area contributed by atoms with Gasteiger partial charge < -0.3 is 5.32 Å². The highest BCUT2D eigenvalue weighted by molar-refractivity contribution is 6.35. The maximum atomic E-state index is 6.05. The molecule has 0 aromatic heterocycles. The van der Waals surface area contributed by atoms with Crippen LogP contribution in [-0.4, -0.2) is 0 Å². The van der Waals surface area contributed by atoms with Crippen molar-refractivity contribution in [1.29, 1.82) is 0 Å². The van der Waals surface area contributed by atoms with Crippen LogP contribution >= 0.6 is 23.2 Å². The number of hydrogen-bond donors (Lipinski definition) is 1. The van der Waals surface area contributed by atoms with E-state index in [1.165, 1.54) is 18.4 Å². The second-order valence-electron chi connectivity index (χ2n) is 5.03. The Labute approximate surface area is 123 Å². The standard InChI is InChI=1S/C16H15Cl2N/c17-13-8-14(18)10-15(9-13)19-16(12-6-7-12)11-4-2-1-3-5-11/h1-5,8-10,12,16,19H,6-7H2. The number of halogens is 2. The van der Waals surface area contributed by atoms with E-state index in [9.17, 15) is 0 Å². The summed E-state index contributed by atoms with van der Waals surface area (Å²) in [6, 6.07) is 16.5. The lowest BCUT2D eigenvalue weighted by molar-refractivity contribution is 0.679. The number of benzene rings is 2. The lowest BCUT2D eigenvalue weighted by Crippen LogP contribution is -2.12. The van der Waals surface area contributed by atoms with Gasteiger partial charge >= 0.3 is 0 Å². The summed E-state index contributed by atoms with van der Waals surface area (Å²) < 4.78 is 0. The summed E-state index contributed by atoms with van der Waals surface area (Å²) >= 11 is 12.1. The highest BCUT2D eigenvalue weighted by Crippen LogP contribution is 2.43. The molecule has 19 heavy (non-hydrogen) atoms. The third kappa shape index (κ3) is 3.23. The molecule has 2 aromatic rings. The van der Waals surface area contributed by atoms with Crippen molar-refractivity contribution in [3.63, 3.8) is 0 Å². The van der Waals surface area contributed by atoms with Gasteiger partial charge in [-0.3, -0.25) is 0 Å². The van der Waals surface area contributed by atoms with Gasteiger partial charge in [-0.1, -0.05) is 53.5 Å². The minimum absolute atomic E-state index is 0.343. The van der Waals surface area contributed by atoms with Crippen molar-refractivity contribution < 1.29 is 0 Å². The minimum Gasteiger partial charge on any atom is -0.378 e. The lowest BCUT2D eigenvalue weighted by atomic mass is 10.0. The summed E-state index contributed by atoms with van der Waals surface area (Å²) in [4.78, 5) is 0. The van der Waals surface area contributed by atoms with Crippen LogP contribution in [0.1, 0.15) is 24.4 Å². The average Bonchev–Trinajstić information content (AvgIpc) is 3.20. The van der Waals surface area contributed by atoms with E-state index in [-0.39, 0.29) is 0 Å². The van der Waals surface area contributed by atoms with E-state index >= 15 is 0 Å². The fourth-order valence-corrected chi connectivity index (χ4v) is 2.91. The van der Waals surface area contributed by atoms with Crippen LogP contribution in [-0.2, 0) is 0 Å². The van der Waals surface area contributed by atoms with Gasteiger partial charge in [0.05, 0.1) is 6.04 Å². The highest BCUT2D eigenvalue weighted by atomic mass is 35.5. The molecule has 1 N–H and O–H groups in total. The van der Waals surface area contributed by atoms with Gasteiger partial charge in [0.2, 0.25) is 0 Å². The molecule has 1 atom stereocenters. The zero-order valence-electron chi connectivity index (χ0n) is 10.4. The molecule has 3 heteroatoms. The van der Waals surface area contributed by atoms with Crippen molar-refractivity contribution in [3.8, 4) is 0 Å². The molecule has 0 aliphatic heterocycles. The average molecular weight is 292 g/mol. The van der Waals surface area contributed by atoms with Gasteiger partial charge in [0.1, 0.15) is 0 Å². The Hall–Kier alpha value is -1.18. The molecule has 1 nitrogen and oxygen atoms in total. The Morgan fingerprint density at radius 3 is 2.16 bits per heavy atom. The molecule has 1 aliphatic rings. The topological polar surface area (TPSA) is 12.0 Å². The van der Waals surface area contributed by atoms with Gasteiger partial charge in [-0.25, -0.2) is 0 Å². The molecular formula is C16H15Cl2N. The van der Waals surface area contributed by atoms with Gasteiger partial charge in [-0.05, 0) is 42.5 Å². The number of anilines is 1. The molecule has 3 rings (SSSR count). The van der Waals surface area contributed by atoms with Gasteiger partial charge in [0.15, 0.2) is 0 Å². The number of nitrogens with one attached hydrogen (secondary N) is 1. The second kappa shape index (κ2) is 5.44. The number of rotatable bonds is 4. The van der Waals surface area contributed by atoms with Gasteiger partial charge in [-0.15, -0.1) is 0 Å². The predicted molar refractivity (Wildman–Crippen MR) is 82.0 cm³/mol. The first-order valence-electron chi connectivity index (χ1n) is 6.50. The van der Waals surface area contributed by atoms with Crippen LogP contribution in [0.3, 0.4) is 0 Å². The first-order valence-corrected chi connectivity index (χ1v) is 7.25. The molecule has 1 fully saturated rings. The first kappa shape index (κ1) is 12.8. The molecule has 0 heterocycles. The van der Waals surface area contributed by atoms with Crippen molar-refractivity contribution in [2.24, 2.45) is 5.92 Å². The maximum Gasteiger partial charge on any atom is 0.0542 e. The second-order valence-corrected chi connectivity index (χ2v) is 5.90. The summed E-state index contributed by atoms with van der Waals surface area (Å²) in [7, 11) is 0. The first-order chi connectivity index (χ1) is 9.22. The molecule has 0 radical (unpaired) electrons. The van der Waals surface area contributed by atoms with Crippen molar-refractivity contribution in [2.75, 3.05) is 5.32 Å². The zero-order chi connectivity index (χ0) is 13.2. The van der Waals surface area contributed by atoms with Crippen LogP contribution in [0.4, 0.5) is 5.69 Å². The molecular weight excluding hydrogens is 277 g/mol. The van der Waals surface area contributed by atoms with E-state index in [2.05, 4.69) is 29.6 Å². The van der Waals surface area contributed by atoms with Crippen molar-refractivity contribution >= 4 is 28.9 Å². The SMILES string of the molecule is Clc1cc(Cl)cc(NC(c2ccccc2)C2CC2)c1. The van der Waals surface area contributed by atoms with E-state index in [1.54, 1.807) is 6.07 Å². The molecule has 1 saturated carbocycles. The van der Waals surface area contributed by atoms with Crippen LogP contribution < -0.4 is 5.32 Å². The lowest BCUT2D eigenvalue weighted by Gasteiger charge is -2.20. The van der Waals surface area contributed by atoms with E-state index in [0.29, 0.717) is 22.0 Å². The van der Waals surface area contributed by atoms with E-state index in [4.69, 9.17) is 23.2 Å². The van der Waals surface area contributed by atoms with E-state index < -0.39 is 0 Å². The molecule has 98 valence electrons. The summed E-state index contributed by atoms with van der Waals surface area (Å²) in [5.41, 5.74) is 2.30. The third-order valence-electron chi connectivity index (χ3n) is 3.44. The minimum atomic E-state index is 0.343. The van der Waals surface area contributed by atoms with Crippen LogP contribution in [0.2, 0.25) is 10.0 Å². The van der Waals surface area contributed by atoms with Gasteiger partial charge in [-0.2, -0.15) is 0 Å². The van der Waals surface area contributed by atoms with Crippen LogP contribution in [0.25, 0.3) is 0 Å². The molecule has 1 unspecified atom stereocenters. The molecule has 2 aromatic carbocycles. The maximum absolute atomic E-state index is 6.05. The summed E-state index contributed by atoms with van der Waals surface area (Å²) in [6.45, 7) is 0. The Bertz CT molecular complexity index is 544. The quantitative estimate of drug-likeness (QED) is 0.778. The van der Waals surface area contributed by atoms with Crippen LogP contribution in [0, 0.1) is 5.92 Å². The summed E-state index contributed by atoms with van der Waals surface area (Å²) in [5, 5.41) is 4.90.